The number of ether oxygens (including phenoxy) is 1. The summed E-state index contributed by atoms with van der Waals surface area (Å²) in [5.41, 5.74) is 2.92. The van der Waals surface area contributed by atoms with Gasteiger partial charge in [0.1, 0.15) is 16.8 Å². The van der Waals surface area contributed by atoms with Crippen LogP contribution in [0.1, 0.15) is 34.9 Å². The van der Waals surface area contributed by atoms with E-state index in [0.717, 1.165) is 36.1 Å². The monoisotopic (exact) mass is 383 g/mol. The van der Waals surface area contributed by atoms with Gasteiger partial charge in [-0.2, -0.15) is 5.26 Å². The fourth-order valence-electron chi connectivity index (χ4n) is 3.47. The number of nitriles is 1. The van der Waals surface area contributed by atoms with Crippen molar-refractivity contribution < 1.29 is 9.53 Å². The van der Waals surface area contributed by atoms with Crippen LogP contribution in [-0.4, -0.2) is 31.5 Å². The SMILES string of the molecule is COc1ccc(CN(C)CC(=O)Nc2sc3c(c2C#N)CC[C@H](C)C3)cc1. The summed E-state index contributed by atoms with van der Waals surface area (Å²) in [5.74, 6) is 1.37. The van der Waals surface area contributed by atoms with Crippen LogP contribution in [0.2, 0.25) is 0 Å². The maximum absolute atomic E-state index is 12.5. The van der Waals surface area contributed by atoms with E-state index in [1.54, 1.807) is 18.4 Å². The molecule has 0 unspecified atom stereocenters. The highest BCUT2D eigenvalue weighted by molar-refractivity contribution is 7.16. The van der Waals surface area contributed by atoms with Crippen molar-refractivity contribution >= 4 is 22.2 Å². The Kier molecular flexibility index (Phi) is 6.15. The Morgan fingerprint density at radius 2 is 2.15 bits per heavy atom. The number of thiophene rings is 1. The molecule has 1 aliphatic rings. The van der Waals surface area contributed by atoms with Crippen molar-refractivity contribution in [2.45, 2.75) is 32.7 Å². The van der Waals surface area contributed by atoms with Crippen molar-refractivity contribution in [1.29, 1.82) is 5.26 Å². The van der Waals surface area contributed by atoms with E-state index in [-0.39, 0.29) is 12.5 Å². The van der Waals surface area contributed by atoms with Crippen LogP contribution in [0.15, 0.2) is 24.3 Å². The average Bonchev–Trinajstić information content (AvgIpc) is 2.97. The molecule has 0 spiro atoms. The van der Waals surface area contributed by atoms with Crippen molar-refractivity contribution in [3.63, 3.8) is 0 Å². The molecule has 0 fully saturated rings. The Hall–Kier alpha value is -2.36. The van der Waals surface area contributed by atoms with Gasteiger partial charge in [0, 0.05) is 11.4 Å². The van der Waals surface area contributed by atoms with E-state index in [1.165, 1.54) is 4.88 Å². The molecular formula is C21H25N3O2S. The van der Waals surface area contributed by atoms with Crippen LogP contribution in [0.5, 0.6) is 5.75 Å². The van der Waals surface area contributed by atoms with Gasteiger partial charge in [0.2, 0.25) is 5.91 Å². The van der Waals surface area contributed by atoms with Gasteiger partial charge >= 0.3 is 0 Å². The van der Waals surface area contributed by atoms with Gasteiger partial charge in [-0.1, -0.05) is 19.1 Å². The molecule has 1 heterocycles. The molecule has 0 saturated heterocycles. The Balaban J connectivity index is 1.61. The zero-order chi connectivity index (χ0) is 19.4. The molecule has 3 rings (SSSR count). The van der Waals surface area contributed by atoms with E-state index in [4.69, 9.17) is 4.74 Å². The third-order valence-corrected chi connectivity index (χ3v) is 6.07. The standard InChI is InChI=1S/C21H25N3O2S/c1-14-4-9-17-18(11-22)21(27-19(17)10-14)23-20(25)13-24(2)12-15-5-7-16(26-3)8-6-15/h5-8,14H,4,9-10,12-13H2,1-3H3,(H,23,25)/t14-/m0/s1. The average molecular weight is 384 g/mol. The lowest BCUT2D eigenvalue weighted by molar-refractivity contribution is -0.117. The Bertz CT molecular complexity index is 852. The predicted molar refractivity (Wildman–Crippen MR) is 108 cm³/mol. The van der Waals surface area contributed by atoms with Crippen molar-refractivity contribution in [2.75, 3.05) is 26.0 Å². The van der Waals surface area contributed by atoms with E-state index in [9.17, 15) is 10.1 Å². The number of hydrogen-bond acceptors (Lipinski definition) is 5. The lowest BCUT2D eigenvalue weighted by Crippen LogP contribution is -2.29. The van der Waals surface area contributed by atoms with Crippen molar-refractivity contribution in [1.82, 2.24) is 4.90 Å². The predicted octanol–water partition coefficient (Wildman–Crippen LogP) is 3.82. The number of rotatable bonds is 6. The van der Waals surface area contributed by atoms with E-state index in [2.05, 4.69) is 18.3 Å². The second kappa shape index (κ2) is 8.55. The van der Waals surface area contributed by atoms with Gasteiger partial charge in [0.05, 0.1) is 19.2 Å². The number of amides is 1. The minimum absolute atomic E-state index is 0.0887. The highest BCUT2D eigenvalue weighted by atomic mass is 32.1. The van der Waals surface area contributed by atoms with Crippen LogP contribution in [0.25, 0.3) is 0 Å². The number of benzene rings is 1. The maximum atomic E-state index is 12.5. The summed E-state index contributed by atoms with van der Waals surface area (Å²) in [4.78, 5) is 15.7. The molecule has 1 aromatic heterocycles. The van der Waals surface area contributed by atoms with Gasteiger partial charge in [0.15, 0.2) is 0 Å². The highest BCUT2D eigenvalue weighted by Gasteiger charge is 2.24. The molecule has 1 aromatic carbocycles. The van der Waals surface area contributed by atoms with Crippen molar-refractivity contribution in [2.24, 2.45) is 5.92 Å². The van der Waals surface area contributed by atoms with Gasteiger partial charge in [0.25, 0.3) is 0 Å². The quantitative estimate of drug-likeness (QED) is 0.823. The number of carbonyl (C=O) groups is 1. The van der Waals surface area contributed by atoms with Gasteiger partial charge < -0.3 is 10.1 Å². The second-order valence-electron chi connectivity index (χ2n) is 7.24. The Labute approximate surface area is 164 Å². The number of nitrogens with one attached hydrogen (secondary N) is 1. The van der Waals surface area contributed by atoms with E-state index in [0.29, 0.717) is 23.0 Å². The smallest absolute Gasteiger partial charge is 0.239 e. The van der Waals surface area contributed by atoms with Gasteiger partial charge in [-0.25, -0.2) is 0 Å². The second-order valence-corrected chi connectivity index (χ2v) is 8.34. The first kappa shape index (κ1) is 19.4. The lowest BCUT2D eigenvalue weighted by Gasteiger charge is -2.17. The molecule has 2 aromatic rings. The summed E-state index contributed by atoms with van der Waals surface area (Å²) in [6, 6.07) is 10.1. The van der Waals surface area contributed by atoms with Crippen LogP contribution in [0.3, 0.4) is 0 Å². The molecule has 5 nitrogen and oxygen atoms in total. The minimum Gasteiger partial charge on any atom is -0.497 e. The Morgan fingerprint density at radius 1 is 1.41 bits per heavy atom. The fraction of sp³-hybridized carbons (Fsp3) is 0.429. The van der Waals surface area contributed by atoms with E-state index >= 15 is 0 Å². The molecule has 1 aliphatic carbocycles. The van der Waals surface area contributed by atoms with Crippen molar-refractivity contribution in [3.05, 3.63) is 45.8 Å². The summed E-state index contributed by atoms with van der Waals surface area (Å²) in [7, 11) is 3.56. The first-order chi connectivity index (χ1) is 13.0. The zero-order valence-corrected chi connectivity index (χ0v) is 16.9. The number of methoxy groups -OCH3 is 1. The van der Waals surface area contributed by atoms with Gasteiger partial charge in [-0.05, 0) is 55.5 Å². The minimum atomic E-state index is -0.0887. The molecule has 0 aliphatic heterocycles. The van der Waals surface area contributed by atoms with Gasteiger partial charge in [-0.3, -0.25) is 9.69 Å². The summed E-state index contributed by atoms with van der Waals surface area (Å²) in [5, 5.41) is 13.2. The van der Waals surface area contributed by atoms with Crippen LogP contribution < -0.4 is 10.1 Å². The number of fused-ring (bicyclic) bond motifs is 1. The number of likely N-dealkylation sites (N-methyl/N-ethyl adjacent to an activating group) is 1. The summed E-state index contributed by atoms with van der Waals surface area (Å²) in [6.45, 7) is 3.18. The molecule has 0 saturated carbocycles. The number of hydrogen-bond donors (Lipinski definition) is 1. The normalized spacial score (nSPS) is 15.9. The third-order valence-electron chi connectivity index (χ3n) is 4.90. The van der Waals surface area contributed by atoms with Crippen LogP contribution in [0.4, 0.5) is 5.00 Å². The summed E-state index contributed by atoms with van der Waals surface area (Å²) in [6.07, 6.45) is 3.04. The number of nitrogens with zero attached hydrogens (tertiary/aromatic N) is 2. The van der Waals surface area contributed by atoms with Crippen LogP contribution in [0, 0.1) is 17.2 Å². The molecular weight excluding hydrogens is 358 g/mol. The summed E-state index contributed by atoms with van der Waals surface area (Å²) < 4.78 is 5.17. The zero-order valence-electron chi connectivity index (χ0n) is 16.0. The summed E-state index contributed by atoms with van der Waals surface area (Å²) >= 11 is 1.57. The van der Waals surface area contributed by atoms with E-state index in [1.807, 2.05) is 36.2 Å². The number of anilines is 1. The molecule has 1 atom stereocenters. The van der Waals surface area contributed by atoms with Crippen LogP contribution in [-0.2, 0) is 24.2 Å². The molecule has 1 amide bonds. The Morgan fingerprint density at radius 3 is 2.81 bits per heavy atom. The largest absolute Gasteiger partial charge is 0.497 e. The maximum Gasteiger partial charge on any atom is 0.239 e. The van der Waals surface area contributed by atoms with E-state index < -0.39 is 0 Å². The topological polar surface area (TPSA) is 65.4 Å². The third kappa shape index (κ3) is 4.68. The molecule has 1 N–H and O–H groups in total. The molecule has 0 bridgehead atoms. The van der Waals surface area contributed by atoms with Crippen molar-refractivity contribution in [3.8, 4) is 11.8 Å². The van der Waals surface area contributed by atoms with Gasteiger partial charge in [-0.15, -0.1) is 11.3 Å². The highest BCUT2D eigenvalue weighted by Crippen LogP contribution is 2.39. The van der Waals surface area contributed by atoms with Crippen LogP contribution >= 0.6 is 11.3 Å². The molecule has 0 radical (unpaired) electrons. The molecule has 142 valence electrons. The first-order valence-electron chi connectivity index (χ1n) is 9.16. The lowest BCUT2D eigenvalue weighted by atomic mass is 9.89. The molecule has 27 heavy (non-hydrogen) atoms. The fourth-order valence-corrected chi connectivity index (χ4v) is 4.84. The number of carbonyl (C=O) groups excluding carboxylic acids is 1. The first-order valence-corrected chi connectivity index (χ1v) is 9.97. The molecule has 6 heteroatoms.